The van der Waals surface area contributed by atoms with E-state index in [9.17, 15) is 19.5 Å². The van der Waals surface area contributed by atoms with E-state index in [0.717, 1.165) is 34.7 Å². The van der Waals surface area contributed by atoms with E-state index in [1.807, 2.05) is 37.3 Å². The first-order valence-corrected chi connectivity index (χ1v) is 12.4. The Bertz CT molecular complexity index is 1510. The predicted molar refractivity (Wildman–Crippen MR) is 135 cm³/mol. The molecule has 1 aliphatic carbocycles. The number of amides is 1. The van der Waals surface area contributed by atoms with Crippen molar-refractivity contribution in [3.8, 4) is 11.1 Å². The van der Waals surface area contributed by atoms with Gasteiger partial charge in [-0.2, -0.15) is 0 Å². The molecule has 1 fully saturated rings. The molecule has 0 atom stereocenters. The van der Waals surface area contributed by atoms with Crippen molar-refractivity contribution < 1.29 is 23.5 Å². The predicted octanol–water partition coefficient (Wildman–Crippen LogP) is 4.38. The van der Waals surface area contributed by atoms with E-state index in [0.29, 0.717) is 46.7 Å². The number of benzene rings is 2. The lowest BCUT2D eigenvalue weighted by Gasteiger charge is -2.29. The monoisotopic (exact) mass is 506 g/mol. The number of carbonyl (C=O) groups excluding carboxylic acids is 2. The average Bonchev–Trinajstić information content (AvgIpc) is 3.28. The molecule has 0 unspecified atom stereocenters. The number of aliphatic carboxylic acids is 1. The van der Waals surface area contributed by atoms with Crippen LogP contribution >= 0.6 is 11.6 Å². The molecule has 186 valence electrons. The summed E-state index contributed by atoms with van der Waals surface area (Å²) in [5.74, 6) is -1.44. The summed E-state index contributed by atoms with van der Waals surface area (Å²) in [6.07, 6.45) is 4.16. The minimum absolute atomic E-state index is 0.0913. The maximum absolute atomic E-state index is 12.7. The van der Waals surface area contributed by atoms with Crippen molar-refractivity contribution in [3.05, 3.63) is 69.2 Å². The van der Waals surface area contributed by atoms with Crippen LogP contribution in [-0.4, -0.2) is 18.4 Å². The number of rotatable bonds is 6. The molecule has 2 aromatic carbocycles. The topological polar surface area (TPSA) is 113 Å². The normalized spacial score (nSPS) is 17.9. The maximum Gasteiger partial charge on any atom is 0.340 e. The number of halogens is 1. The van der Waals surface area contributed by atoms with Gasteiger partial charge in [0.1, 0.15) is 11.2 Å². The van der Waals surface area contributed by atoms with Gasteiger partial charge in [0.05, 0.1) is 18.2 Å². The Kier molecular flexibility index (Phi) is 6.58. The van der Waals surface area contributed by atoms with Crippen LogP contribution in [0.5, 0.6) is 0 Å². The van der Waals surface area contributed by atoms with Gasteiger partial charge < -0.3 is 24.1 Å². The highest BCUT2D eigenvalue weighted by Gasteiger charge is 2.23. The highest BCUT2D eigenvalue weighted by atomic mass is 35.5. The lowest BCUT2D eigenvalue weighted by atomic mass is 9.82. The van der Waals surface area contributed by atoms with E-state index >= 15 is 0 Å². The summed E-state index contributed by atoms with van der Waals surface area (Å²) in [6, 6.07) is 11.1. The highest BCUT2D eigenvalue weighted by molar-refractivity contribution is 6.30. The Labute approximate surface area is 212 Å². The molecule has 36 heavy (non-hydrogen) atoms. The van der Waals surface area contributed by atoms with Crippen LogP contribution in [0, 0.1) is 18.8 Å². The number of nitrogens with one attached hydrogen (secondary N) is 1. The highest BCUT2D eigenvalue weighted by Crippen LogP contribution is 2.35. The minimum Gasteiger partial charge on any atom is -0.550 e. The summed E-state index contributed by atoms with van der Waals surface area (Å²) < 4.78 is 11.3. The second-order valence-electron chi connectivity index (χ2n) is 9.51. The van der Waals surface area contributed by atoms with E-state index in [-0.39, 0.29) is 18.2 Å². The fourth-order valence-electron chi connectivity index (χ4n) is 5.05. The lowest BCUT2D eigenvalue weighted by Crippen LogP contribution is -2.37. The van der Waals surface area contributed by atoms with E-state index in [2.05, 4.69) is 5.32 Å². The molecule has 5 rings (SSSR count). The van der Waals surface area contributed by atoms with Crippen LogP contribution in [0.1, 0.15) is 36.8 Å². The number of carboxylic acids is 1. The molecular weight excluding hydrogens is 482 g/mol. The average molecular weight is 507 g/mol. The van der Waals surface area contributed by atoms with Gasteiger partial charge >= 0.3 is 5.63 Å². The Morgan fingerprint density at radius 2 is 1.78 bits per heavy atom. The molecular formula is C28H25ClNO6-. The Morgan fingerprint density at radius 3 is 2.47 bits per heavy atom. The maximum atomic E-state index is 12.7. The summed E-state index contributed by atoms with van der Waals surface area (Å²) in [6.45, 7) is 2.27. The molecule has 0 saturated heterocycles. The van der Waals surface area contributed by atoms with E-state index < -0.39 is 17.5 Å². The van der Waals surface area contributed by atoms with Crippen molar-refractivity contribution in [2.24, 2.45) is 11.8 Å². The second-order valence-corrected chi connectivity index (χ2v) is 9.95. The number of hydrogen-bond donors (Lipinski definition) is 1. The first-order chi connectivity index (χ1) is 17.3. The summed E-state index contributed by atoms with van der Waals surface area (Å²) >= 11 is 6.03. The van der Waals surface area contributed by atoms with E-state index in [1.54, 1.807) is 12.3 Å². The van der Waals surface area contributed by atoms with Crippen LogP contribution in [0.25, 0.3) is 33.1 Å². The Hall–Kier alpha value is -3.58. The first-order valence-electron chi connectivity index (χ1n) is 12.0. The fraction of sp³-hybridized carbons (Fsp3) is 0.321. The fourth-order valence-corrected chi connectivity index (χ4v) is 5.18. The van der Waals surface area contributed by atoms with Crippen LogP contribution in [0.15, 0.2) is 56.3 Å². The van der Waals surface area contributed by atoms with Gasteiger partial charge in [-0.3, -0.25) is 4.79 Å². The van der Waals surface area contributed by atoms with Crippen LogP contribution in [-0.2, 0) is 16.0 Å². The zero-order valence-electron chi connectivity index (χ0n) is 19.8. The summed E-state index contributed by atoms with van der Waals surface area (Å²) in [5.41, 5.74) is 3.29. The van der Waals surface area contributed by atoms with Gasteiger partial charge in [0, 0.05) is 39.9 Å². The standard InChI is InChI=1S/C28H26ClNO6/c1-15-20-10-22-23(17-6-8-19(29)9-7-17)14-35-24(22)12-25(20)36-28(34)21(15)11-26(31)30-13-16-2-4-18(5-3-16)27(32)33/h6-10,12,14,16,18H,2-5,11,13H2,1H3,(H,30,31)(H,32,33)/p-1. The lowest BCUT2D eigenvalue weighted by molar-refractivity contribution is -0.312. The Morgan fingerprint density at radius 1 is 1.06 bits per heavy atom. The van der Waals surface area contributed by atoms with Gasteiger partial charge in [0.15, 0.2) is 0 Å². The molecule has 8 heteroatoms. The van der Waals surface area contributed by atoms with Gasteiger partial charge in [-0.15, -0.1) is 0 Å². The third-order valence-corrected chi connectivity index (χ3v) is 7.49. The quantitative estimate of drug-likeness (QED) is 0.388. The summed E-state index contributed by atoms with van der Waals surface area (Å²) in [4.78, 5) is 36.4. The molecule has 2 heterocycles. The number of fused-ring (bicyclic) bond motifs is 2. The molecule has 7 nitrogen and oxygen atoms in total. The van der Waals surface area contributed by atoms with Crippen LogP contribution in [0.2, 0.25) is 5.02 Å². The van der Waals surface area contributed by atoms with E-state index in [1.165, 1.54) is 0 Å². The molecule has 0 spiro atoms. The molecule has 1 aliphatic rings. The molecule has 1 saturated carbocycles. The number of hydrogen-bond acceptors (Lipinski definition) is 6. The zero-order chi connectivity index (χ0) is 25.4. The van der Waals surface area contributed by atoms with Crippen molar-refractivity contribution in [2.75, 3.05) is 6.54 Å². The van der Waals surface area contributed by atoms with Crippen molar-refractivity contribution in [1.82, 2.24) is 5.32 Å². The third kappa shape index (κ3) is 4.75. The van der Waals surface area contributed by atoms with Crippen LogP contribution in [0.4, 0.5) is 0 Å². The van der Waals surface area contributed by atoms with Crippen molar-refractivity contribution in [1.29, 1.82) is 0 Å². The van der Waals surface area contributed by atoms with Gasteiger partial charge in [-0.1, -0.05) is 23.7 Å². The number of carbonyl (C=O) groups is 2. The first kappa shape index (κ1) is 24.1. The van der Waals surface area contributed by atoms with Gasteiger partial charge in [0.2, 0.25) is 5.91 Å². The van der Waals surface area contributed by atoms with Gasteiger partial charge in [-0.25, -0.2) is 4.79 Å². The van der Waals surface area contributed by atoms with Gasteiger partial charge in [-0.05, 0) is 73.8 Å². The molecule has 0 aliphatic heterocycles. The third-order valence-electron chi connectivity index (χ3n) is 7.24. The zero-order valence-corrected chi connectivity index (χ0v) is 20.5. The van der Waals surface area contributed by atoms with Crippen LogP contribution in [0.3, 0.4) is 0 Å². The van der Waals surface area contributed by atoms with Crippen LogP contribution < -0.4 is 16.0 Å². The SMILES string of the molecule is Cc1c(CC(=O)NCC2CCC(C(=O)[O-])CC2)c(=O)oc2cc3occ(-c4ccc(Cl)cc4)c3cc12. The molecule has 0 bridgehead atoms. The molecule has 2 aromatic heterocycles. The molecule has 1 N–H and O–H groups in total. The second kappa shape index (κ2) is 9.82. The number of furan rings is 1. The van der Waals surface area contributed by atoms with Crippen molar-refractivity contribution in [2.45, 2.75) is 39.0 Å². The Balaban J connectivity index is 1.37. The molecule has 0 radical (unpaired) electrons. The summed E-state index contributed by atoms with van der Waals surface area (Å²) in [7, 11) is 0. The van der Waals surface area contributed by atoms with Crippen molar-refractivity contribution in [3.63, 3.8) is 0 Å². The smallest absolute Gasteiger partial charge is 0.340 e. The van der Waals surface area contributed by atoms with E-state index in [4.69, 9.17) is 20.4 Å². The number of aryl methyl sites for hydroxylation is 1. The molecule has 4 aromatic rings. The molecule has 1 amide bonds. The van der Waals surface area contributed by atoms with Crippen molar-refractivity contribution >= 4 is 45.4 Å². The summed E-state index contributed by atoms with van der Waals surface area (Å²) in [5, 5.41) is 16.2. The minimum atomic E-state index is -0.996. The number of carboxylic acid groups (broad SMARTS) is 1. The largest absolute Gasteiger partial charge is 0.550 e. The van der Waals surface area contributed by atoms with Gasteiger partial charge in [0.25, 0.3) is 0 Å².